The van der Waals surface area contributed by atoms with Crippen molar-refractivity contribution in [2.45, 2.75) is 26.9 Å². The summed E-state index contributed by atoms with van der Waals surface area (Å²) in [6.07, 6.45) is 3.62. The van der Waals surface area contributed by atoms with E-state index in [1.165, 1.54) is 4.88 Å². The number of thiazole rings is 1. The van der Waals surface area contributed by atoms with Gasteiger partial charge < -0.3 is 10.6 Å². The fraction of sp³-hybridized carbons (Fsp3) is 0.357. The Morgan fingerprint density at radius 3 is 2.68 bits per heavy atom. The maximum atomic E-state index is 5.77. The molecule has 0 saturated carbocycles. The van der Waals surface area contributed by atoms with Crippen LogP contribution in [0, 0.1) is 6.92 Å². The van der Waals surface area contributed by atoms with E-state index in [0.29, 0.717) is 18.2 Å². The first-order valence-corrected chi connectivity index (χ1v) is 7.90. The van der Waals surface area contributed by atoms with Gasteiger partial charge in [-0.25, -0.2) is 15.0 Å². The Kier molecular flexibility index (Phi) is 8.66. The smallest absolute Gasteiger partial charge is 0.191 e. The largest absolute Gasteiger partial charge is 0.357 e. The standard InChI is InChI=1S/C14H18ClN5S.HI/c1-3-16-14(20-9-13-18-6-10(2)21-13)19-8-11-4-5-12(15)17-7-11;/h4-7H,3,8-9H2,1-2H3,(H2,16,19,20);1H. The van der Waals surface area contributed by atoms with Crippen molar-refractivity contribution in [2.75, 3.05) is 6.54 Å². The van der Waals surface area contributed by atoms with Gasteiger partial charge in [-0.2, -0.15) is 0 Å². The van der Waals surface area contributed by atoms with Crippen LogP contribution in [-0.2, 0) is 13.1 Å². The molecule has 22 heavy (non-hydrogen) atoms. The highest BCUT2D eigenvalue weighted by molar-refractivity contribution is 14.0. The lowest BCUT2D eigenvalue weighted by atomic mass is 10.3. The van der Waals surface area contributed by atoms with Crippen LogP contribution in [-0.4, -0.2) is 22.5 Å². The van der Waals surface area contributed by atoms with Crippen LogP contribution in [0.1, 0.15) is 22.4 Å². The Labute approximate surface area is 156 Å². The van der Waals surface area contributed by atoms with E-state index in [1.807, 2.05) is 26.1 Å². The van der Waals surface area contributed by atoms with Gasteiger partial charge in [0.2, 0.25) is 0 Å². The van der Waals surface area contributed by atoms with Gasteiger partial charge in [0.05, 0.1) is 13.1 Å². The SMILES string of the molecule is CCNC(=NCc1ccc(Cl)nc1)NCc1ncc(C)s1.I. The molecule has 0 aliphatic carbocycles. The third kappa shape index (κ3) is 6.45. The molecule has 0 aliphatic rings. The number of aliphatic imine (C=N–C) groups is 1. The molecule has 120 valence electrons. The molecule has 0 amide bonds. The van der Waals surface area contributed by atoms with Crippen molar-refractivity contribution >= 4 is 52.9 Å². The maximum Gasteiger partial charge on any atom is 0.191 e. The average molecular weight is 452 g/mol. The molecule has 0 atom stereocenters. The van der Waals surface area contributed by atoms with E-state index in [4.69, 9.17) is 11.6 Å². The van der Waals surface area contributed by atoms with Crippen molar-refractivity contribution in [2.24, 2.45) is 4.99 Å². The minimum atomic E-state index is 0. The topological polar surface area (TPSA) is 62.2 Å². The van der Waals surface area contributed by atoms with Crippen molar-refractivity contribution in [3.8, 4) is 0 Å². The molecule has 2 N–H and O–H groups in total. The second-order valence-corrected chi connectivity index (χ2v) is 6.11. The molecule has 0 aromatic carbocycles. The maximum absolute atomic E-state index is 5.77. The van der Waals surface area contributed by atoms with Gasteiger partial charge in [-0.3, -0.25) is 0 Å². The van der Waals surface area contributed by atoms with E-state index in [-0.39, 0.29) is 24.0 Å². The summed E-state index contributed by atoms with van der Waals surface area (Å²) in [6.45, 7) is 6.11. The second-order valence-electron chi connectivity index (χ2n) is 4.40. The number of aromatic nitrogens is 2. The first kappa shape index (κ1) is 19.1. The van der Waals surface area contributed by atoms with Crippen LogP contribution in [0.3, 0.4) is 0 Å². The van der Waals surface area contributed by atoms with Crippen molar-refractivity contribution in [1.29, 1.82) is 0 Å². The number of nitrogens with one attached hydrogen (secondary N) is 2. The fourth-order valence-corrected chi connectivity index (χ4v) is 2.49. The Balaban J connectivity index is 0.00000242. The molecular weight excluding hydrogens is 433 g/mol. The minimum Gasteiger partial charge on any atom is -0.357 e. The lowest BCUT2D eigenvalue weighted by Gasteiger charge is -2.10. The Morgan fingerprint density at radius 1 is 1.27 bits per heavy atom. The second kappa shape index (κ2) is 9.96. The molecule has 0 unspecified atom stereocenters. The number of guanidine groups is 1. The van der Waals surface area contributed by atoms with Crippen LogP contribution in [0.15, 0.2) is 29.5 Å². The molecule has 0 radical (unpaired) electrons. The number of aryl methyl sites for hydroxylation is 1. The van der Waals surface area contributed by atoms with Gasteiger partial charge in [0, 0.05) is 23.8 Å². The van der Waals surface area contributed by atoms with Gasteiger partial charge in [0.1, 0.15) is 10.2 Å². The predicted octanol–water partition coefficient (Wildman–Crippen LogP) is 3.37. The Hall–Kier alpha value is -0.930. The van der Waals surface area contributed by atoms with Crippen molar-refractivity contribution < 1.29 is 0 Å². The quantitative estimate of drug-likeness (QED) is 0.317. The summed E-state index contributed by atoms with van der Waals surface area (Å²) in [4.78, 5) is 14.1. The van der Waals surface area contributed by atoms with E-state index in [0.717, 1.165) is 23.1 Å². The van der Waals surface area contributed by atoms with Gasteiger partial charge in [-0.05, 0) is 25.5 Å². The molecule has 0 fully saturated rings. The molecular formula is C14H19ClIN5S. The lowest BCUT2D eigenvalue weighted by Crippen LogP contribution is -2.36. The monoisotopic (exact) mass is 451 g/mol. The highest BCUT2D eigenvalue weighted by Gasteiger charge is 2.01. The summed E-state index contributed by atoms with van der Waals surface area (Å²) >= 11 is 7.45. The van der Waals surface area contributed by atoms with Crippen molar-refractivity contribution in [3.05, 3.63) is 45.1 Å². The van der Waals surface area contributed by atoms with Crippen LogP contribution in [0.2, 0.25) is 5.15 Å². The van der Waals surface area contributed by atoms with Gasteiger partial charge in [0.25, 0.3) is 0 Å². The predicted molar refractivity (Wildman–Crippen MR) is 103 cm³/mol. The van der Waals surface area contributed by atoms with E-state index in [1.54, 1.807) is 23.6 Å². The van der Waals surface area contributed by atoms with Gasteiger partial charge in [-0.1, -0.05) is 17.7 Å². The molecule has 2 rings (SSSR count). The summed E-state index contributed by atoms with van der Waals surface area (Å²) in [6, 6.07) is 3.69. The summed E-state index contributed by atoms with van der Waals surface area (Å²) in [5, 5.41) is 8.02. The normalized spacial score (nSPS) is 11.0. The van der Waals surface area contributed by atoms with Gasteiger partial charge in [-0.15, -0.1) is 35.3 Å². The third-order valence-electron chi connectivity index (χ3n) is 2.63. The van der Waals surface area contributed by atoms with Gasteiger partial charge in [0.15, 0.2) is 5.96 Å². The first-order valence-electron chi connectivity index (χ1n) is 6.71. The van der Waals surface area contributed by atoms with Crippen molar-refractivity contribution in [1.82, 2.24) is 20.6 Å². The zero-order valence-corrected chi connectivity index (χ0v) is 16.4. The highest BCUT2D eigenvalue weighted by atomic mass is 127. The number of hydrogen-bond donors (Lipinski definition) is 2. The van der Waals surface area contributed by atoms with Crippen LogP contribution in [0.25, 0.3) is 0 Å². The molecule has 2 aromatic heterocycles. The Morgan fingerprint density at radius 2 is 2.09 bits per heavy atom. The van der Waals surface area contributed by atoms with Crippen LogP contribution in [0.5, 0.6) is 0 Å². The minimum absolute atomic E-state index is 0. The number of pyridine rings is 1. The highest BCUT2D eigenvalue weighted by Crippen LogP contribution is 2.10. The number of nitrogens with zero attached hydrogens (tertiary/aromatic N) is 3. The molecule has 0 aliphatic heterocycles. The molecule has 5 nitrogen and oxygen atoms in total. The Bertz CT molecular complexity index is 600. The zero-order valence-electron chi connectivity index (χ0n) is 12.5. The van der Waals surface area contributed by atoms with E-state index in [9.17, 15) is 0 Å². The van der Waals surface area contributed by atoms with Crippen LogP contribution in [0.4, 0.5) is 0 Å². The molecule has 0 bridgehead atoms. The van der Waals surface area contributed by atoms with Crippen LogP contribution < -0.4 is 10.6 Å². The summed E-state index contributed by atoms with van der Waals surface area (Å²) in [5.41, 5.74) is 1.02. The fourth-order valence-electron chi connectivity index (χ4n) is 1.65. The lowest BCUT2D eigenvalue weighted by molar-refractivity contribution is 0.811. The van der Waals surface area contributed by atoms with Gasteiger partial charge >= 0.3 is 0 Å². The van der Waals surface area contributed by atoms with Crippen LogP contribution >= 0.6 is 46.9 Å². The van der Waals surface area contributed by atoms with E-state index < -0.39 is 0 Å². The molecule has 0 saturated heterocycles. The molecule has 2 heterocycles. The number of rotatable bonds is 5. The number of halogens is 2. The third-order valence-corrected chi connectivity index (χ3v) is 3.77. The summed E-state index contributed by atoms with van der Waals surface area (Å²) < 4.78 is 0. The first-order chi connectivity index (χ1) is 10.2. The summed E-state index contributed by atoms with van der Waals surface area (Å²) in [5.74, 6) is 0.764. The van der Waals surface area contributed by atoms with E-state index >= 15 is 0 Å². The molecule has 2 aromatic rings. The number of hydrogen-bond acceptors (Lipinski definition) is 4. The van der Waals surface area contributed by atoms with Crippen molar-refractivity contribution in [3.63, 3.8) is 0 Å². The average Bonchev–Trinajstić information content (AvgIpc) is 2.89. The summed E-state index contributed by atoms with van der Waals surface area (Å²) in [7, 11) is 0. The zero-order chi connectivity index (χ0) is 15.1. The van der Waals surface area contributed by atoms with E-state index in [2.05, 4.69) is 25.6 Å². The molecule has 8 heteroatoms. The molecule has 0 spiro atoms.